The zero-order valence-corrected chi connectivity index (χ0v) is 29.5. The fraction of sp³-hybridized carbons (Fsp3) is 0.400. The number of benzene rings is 2. The van der Waals surface area contributed by atoms with Gasteiger partial charge >= 0.3 is 24.3 Å². The number of carboxylic acid groups (broad SMARTS) is 2. The van der Waals surface area contributed by atoms with E-state index >= 15 is 8.78 Å². The number of carbonyl (C=O) groups excluding carboxylic acids is 3. The van der Waals surface area contributed by atoms with Gasteiger partial charge in [0.1, 0.15) is 24.7 Å². The first-order chi connectivity index (χ1) is 26.7. The van der Waals surface area contributed by atoms with E-state index < -0.39 is 130 Å². The SMILES string of the molecule is CN1N(Cc2ccc(OCCNC(CC(=O)O)C(=O)O)c(F)c2F)C(=O)C(C(=O)Nc2ccc(C(F)(F)F)cc2-c2cc(C(F)(F)F)ncn2)C(=O)C12CCCC2. The van der Waals surface area contributed by atoms with Crippen molar-refractivity contribution >= 4 is 35.2 Å². The molecule has 1 aromatic heterocycles. The van der Waals surface area contributed by atoms with E-state index in [-0.39, 0.29) is 19.4 Å². The summed E-state index contributed by atoms with van der Waals surface area (Å²) in [6.45, 7) is -1.43. The van der Waals surface area contributed by atoms with Crippen LogP contribution >= 0.6 is 0 Å². The number of carboxylic acids is 2. The molecule has 1 spiro atoms. The minimum absolute atomic E-state index is 0.120. The summed E-state index contributed by atoms with van der Waals surface area (Å²) in [5.41, 5.74) is -6.65. The van der Waals surface area contributed by atoms with Crippen LogP contribution in [0, 0.1) is 17.6 Å². The molecule has 2 heterocycles. The van der Waals surface area contributed by atoms with Gasteiger partial charge in [0.25, 0.3) is 5.91 Å². The Morgan fingerprint density at radius 3 is 2.26 bits per heavy atom. The number of nitrogens with zero attached hydrogens (tertiary/aromatic N) is 4. The van der Waals surface area contributed by atoms with Crippen LogP contribution in [0.1, 0.15) is 48.9 Å². The monoisotopic (exact) mass is 816 g/mol. The first-order valence-electron chi connectivity index (χ1n) is 16.9. The van der Waals surface area contributed by atoms with E-state index in [0.29, 0.717) is 37.4 Å². The number of nitrogens with one attached hydrogen (secondary N) is 2. The van der Waals surface area contributed by atoms with Crippen molar-refractivity contribution in [3.63, 3.8) is 0 Å². The maximum absolute atomic E-state index is 15.5. The Bertz CT molecular complexity index is 2080. The van der Waals surface area contributed by atoms with Gasteiger partial charge in [0.15, 0.2) is 23.3 Å². The third kappa shape index (κ3) is 8.95. The Balaban J connectivity index is 1.42. The number of hydrogen-bond donors (Lipinski definition) is 4. The quantitative estimate of drug-likeness (QED) is 0.106. The van der Waals surface area contributed by atoms with Gasteiger partial charge in [0, 0.05) is 24.7 Å². The molecular weight excluding hydrogens is 784 g/mol. The van der Waals surface area contributed by atoms with Crippen molar-refractivity contribution < 1.29 is 74.0 Å². The Hall–Kier alpha value is -5.77. The molecule has 306 valence electrons. The number of halogens is 8. The van der Waals surface area contributed by atoms with Crippen LogP contribution in [0.25, 0.3) is 11.3 Å². The van der Waals surface area contributed by atoms with Crippen molar-refractivity contribution in [2.45, 2.75) is 62.6 Å². The Labute approximate surface area is 316 Å². The molecule has 14 nitrogen and oxygen atoms in total. The van der Waals surface area contributed by atoms with Gasteiger partial charge in [-0.25, -0.2) is 19.4 Å². The molecule has 57 heavy (non-hydrogen) atoms. The zero-order chi connectivity index (χ0) is 42.0. The Kier molecular flexibility index (Phi) is 12.2. The van der Waals surface area contributed by atoms with Gasteiger partial charge in [-0.15, -0.1) is 0 Å². The van der Waals surface area contributed by atoms with E-state index in [1.165, 1.54) is 12.1 Å². The molecule has 2 aliphatic rings. The average Bonchev–Trinajstić information content (AvgIpc) is 3.64. The largest absolute Gasteiger partial charge is 0.489 e. The number of ketones is 1. The number of amides is 2. The second-order valence-corrected chi connectivity index (χ2v) is 13.1. The molecule has 2 amide bonds. The van der Waals surface area contributed by atoms with E-state index in [9.17, 15) is 50.3 Å². The summed E-state index contributed by atoms with van der Waals surface area (Å²) in [4.78, 5) is 70.8. The zero-order valence-electron chi connectivity index (χ0n) is 29.5. The Morgan fingerprint density at radius 1 is 0.965 bits per heavy atom. The maximum Gasteiger partial charge on any atom is 0.433 e. The molecular formula is C35H32F8N6O8. The first-order valence-corrected chi connectivity index (χ1v) is 16.9. The summed E-state index contributed by atoms with van der Waals surface area (Å²) in [6.07, 6.45) is -9.18. The highest BCUT2D eigenvalue weighted by molar-refractivity contribution is 6.25. The molecule has 1 saturated carbocycles. The molecule has 0 radical (unpaired) electrons. The van der Waals surface area contributed by atoms with Gasteiger partial charge < -0.3 is 25.6 Å². The van der Waals surface area contributed by atoms with Gasteiger partial charge in [-0.3, -0.25) is 29.0 Å². The summed E-state index contributed by atoms with van der Waals surface area (Å²) in [7, 11) is 1.34. The highest BCUT2D eigenvalue weighted by atomic mass is 19.4. The summed E-state index contributed by atoms with van der Waals surface area (Å²) < 4.78 is 117. The number of hydrogen-bond acceptors (Lipinski definition) is 10. The van der Waals surface area contributed by atoms with Crippen molar-refractivity contribution in [1.82, 2.24) is 25.3 Å². The molecule has 1 saturated heterocycles. The molecule has 1 aliphatic carbocycles. The van der Waals surface area contributed by atoms with E-state index in [1.807, 2.05) is 0 Å². The predicted octanol–water partition coefficient (Wildman–Crippen LogP) is 4.68. The van der Waals surface area contributed by atoms with Crippen molar-refractivity contribution in [2.24, 2.45) is 5.92 Å². The van der Waals surface area contributed by atoms with E-state index in [4.69, 9.17) is 14.9 Å². The van der Waals surface area contributed by atoms with E-state index in [2.05, 4.69) is 20.6 Å². The van der Waals surface area contributed by atoms with Crippen LogP contribution < -0.4 is 15.4 Å². The Morgan fingerprint density at radius 2 is 1.65 bits per heavy atom. The molecule has 2 unspecified atom stereocenters. The van der Waals surface area contributed by atoms with E-state index in [1.54, 1.807) is 0 Å². The fourth-order valence-electron chi connectivity index (χ4n) is 6.70. The molecule has 0 bridgehead atoms. The lowest BCUT2D eigenvalue weighted by Crippen LogP contribution is -2.69. The smallest absolute Gasteiger partial charge is 0.433 e. The van der Waals surface area contributed by atoms with Crippen LogP contribution in [0.3, 0.4) is 0 Å². The molecule has 5 rings (SSSR count). The standard InChI is InChI=1S/C35H32F8N6O8/c1-48-33(8-2-3-9-33)29(52)26(30(53)47-20-6-5-18(34(38,39)40)12-19(20)21-13-24(35(41,42)43)46-16-45-21)31(54)49(48)15-17-4-7-23(28(37)27(17)36)57-11-10-44-22(32(55)56)14-25(50)51/h4-7,12-13,16,22,26,44H,2-3,8-11,14-15H2,1H3,(H,47,53)(H,50,51)(H,55,56). The second kappa shape index (κ2) is 16.4. The number of anilines is 1. The third-order valence-corrected chi connectivity index (χ3v) is 9.61. The van der Waals surface area contributed by atoms with E-state index in [0.717, 1.165) is 23.2 Å². The number of alkyl halides is 6. The molecule has 4 N–H and O–H groups in total. The van der Waals surface area contributed by atoms with Crippen LogP contribution in [-0.2, 0) is 42.9 Å². The highest BCUT2D eigenvalue weighted by Crippen LogP contribution is 2.43. The minimum atomic E-state index is -5.03. The molecule has 1 aliphatic heterocycles. The van der Waals surface area contributed by atoms with Crippen LogP contribution in [0.4, 0.5) is 40.8 Å². The number of Topliss-reactive ketones (excluding diaryl/α,β-unsaturated/α-hetero) is 1. The average molecular weight is 817 g/mol. The lowest BCUT2D eigenvalue weighted by atomic mass is 9.80. The maximum atomic E-state index is 15.5. The third-order valence-electron chi connectivity index (χ3n) is 9.61. The van der Waals surface area contributed by atoms with Gasteiger partial charge in [-0.1, -0.05) is 18.9 Å². The van der Waals surface area contributed by atoms with Crippen molar-refractivity contribution in [1.29, 1.82) is 0 Å². The summed E-state index contributed by atoms with van der Waals surface area (Å²) in [5.74, 6) is -12.2. The molecule has 3 aromatic rings. The van der Waals surface area contributed by atoms with Crippen LogP contribution in [0.5, 0.6) is 5.75 Å². The highest BCUT2D eigenvalue weighted by Gasteiger charge is 2.58. The topological polar surface area (TPSA) is 191 Å². The molecule has 2 atom stereocenters. The van der Waals surface area contributed by atoms with Gasteiger partial charge in [0.2, 0.25) is 11.7 Å². The first kappa shape index (κ1) is 42.4. The van der Waals surface area contributed by atoms with Crippen LogP contribution in [0.15, 0.2) is 42.7 Å². The number of aliphatic carboxylic acids is 2. The van der Waals surface area contributed by atoms with Crippen LogP contribution in [-0.4, -0.2) is 91.5 Å². The number of rotatable bonds is 13. The van der Waals surface area contributed by atoms with Gasteiger partial charge in [0.05, 0.1) is 35.4 Å². The summed E-state index contributed by atoms with van der Waals surface area (Å²) in [6, 6.07) is 2.57. The summed E-state index contributed by atoms with van der Waals surface area (Å²) >= 11 is 0. The molecule has 2 fully saturated rings. The summed E-state index contributed by atoms with van der Waals surface area (Å²) in [5, 5.41) is 24.6. The van der Waals surface area contributed by atoms with Gasteiger partial charge in [-0.05, 0) is 43.2 Å². The number of aromatic nitrogens is 2. The normalized spacial score (nSPS) is 17.8. The van der Waals surface area contributed by atoms with Gasteiger partial charge in [-0.2, -0.15) is 30.7 Å². The van der Waals surface area contributed by atoms with Crippen molar-refractivity contribution in [3.05, 3.63) is 71.2 Å². The fourth-order valence-corrected chi connectivity index (χ4v) is 6.70. The number of likely N-dealkylation sites (N-methyl/N-ethyl adjacent to an activating group) is 1. The minimum Gasteiger partial charge on any atom is -0.489 e. The van der Waals surface area contributed by atoms with Crippen molar-refractivity contribution in [2.75, 3.05) is 25.5 Å². The number of carbonyl (C=O) groups is 5. The molecule has 22 heteroatoms. The van der Waals surface area contributed by atoms with Crippen LogP contribution in [0.2, 0.25) is 0 Å². The second-order valence-electron chi connectivity index (χ2n) is 13.1. The molecule has 2 aromatic carbocycles. The lowest BCUT2D eigenvalue weighted by molar-refractivity contribution is -0.186. The van der Waals surface area contributed by atoms with Crippen molar-refractivity contribution in [3.8, 4) is 17.0 Å². The number of hydrazine groups is 1. The predicted molar refractivity (Wildman–Crippen MR) is 178 cm³/mol. The lowest BCUT2D eigenvalue weighted by Gasteiger charge is -2.49. The number of ether oxygens (including phenoxy) is 1.